The van der Waals surface area contributed by atoms with Crippen molar-refractivity contribution in [1.82, 2.24) is 121 Å². The van der Waals surface area contributed by atoms with Gasteiger partial charge in [0.15, 0.2) is 11.4 Å². The number of tetrazole rings is 4. The molecule has 0 aliphatic heterocycles. The van der Waals surface area contributed by atoms with Crippen molar-refractivity contribution in [2.24, 2.45) is 0 Å². The third-order valence-electron chi connectivity index (χ3n) is 11.1. The SMILES string of the molecule is O=C1c2cc(F)ccc2-c2nc3nnnn3nc21.O=C1c2cc(F)ccc2-c2nn3nnnc3nc21.O=C1c2ccc(F)cc2-c2nc3nnnn3nc21.O=C1c2ccc(F)cc2-c2nn3nnnc3nc21. The highest BCUT2D eigenvalue weighted by Gasteiger charge is 2.35. The van der Waals surface area contributed by atoms with Gasteiger partial charge in [-0.15, -0.1) is 20.4 Å². The predicted molar refractivity (Wildman–Crippen MR) is 221 cm³/mol. The number of halogens is 4. The summed E-state index contributed by atoms with van der Waals surface area (Å²) in [7, 11) is 0. The zero-order valence-electron chi connectivity index (χ0n) is 34.8. The van der Waals surface area contributed by atoms with E-state index in [4.69, 9.17) is 0 Å². The molecule has 32 heteroatoms. The van der Waals surface area contributed by atoms with E-state index in [0.29, 0.717) is 56.2 Å². The summed E-state index contributed by atoms with van der Waals surface area (Å²) in [6.45, 7) is 0. The Labute approximate surface area is 389 Å². The van der Waals surface area contributed by atoms with E-state index in [1.807, 2.05) is 0 Å². The summed E-state index contributed by atoms with van der Waals surface area (Å²) >= 11 is 0. The Bertz CT molecular complexity index is 4140. The summed E-state index contributed by atoms with van der Waals surface area (Å²) in [4.78, 5) is 64.6. The number of benzene rings is 4. The standard InChI is InChI=1S/4C10H3FN6O/c11-4-1-2-5-6(3-4)7-8(9(5)18)12-10-13-15-16-17(10)14-7;11-4-1-2-5-6(3-4)7-8(9(5)18)14-17-10(12-7)13-15-16-17;11-4-1-2-5-6(3-4)9(18)8-7(5)14-17-10(12-8)13-15-16-17;11-4-1-2-5-6(3-4)9(18)8-7(5)12-10-13-15-16-17(10)14-8/h4*1-3H. The number of carbonyl (C=O) groups is 4. The molecule has 0 spiro atoms. The van der Waals surface area contributed by atoms with Crippen molar-refractivity contribution in [2.45, 2.75) is 0 Å². The van der Waals surface area contributed by atoms with Crippen molar-refractivity contribution in [3.8, 4) is 45.0 Å². The first-order valence-electron chi connectivity index (χ1n) is 20.2. The highest BCUT2D eigenvalue weighted by molar-refractivity contribution is 6.22. The minimum absolute atomic E-state index is 0.135. The van der Waals surface area contributed by atoms with Crippen molar-refractivity contribution in [3.63, 3.8) is 0 Å². The molecule has 4 aliphatic carbocycles. The molecule has 4 aliphatic rings. The summed E-state index contributed by atoms with van der Waals surface area (Å²) in [5, 5.41) is 58.6. The largest absolute Gasteiger partial charge is 0.292 e. The number of hydrogen-bond donors (Lipinski definition) is 0. The molecule has 16 rings (SSSR count). The number of ketones is 4. The molecule has 344 valence electrons. The van der Waals surface area contributed by atoms with Crippen LogP contribution in [0.3, 0.4) is 0 Å². The highest BCUT2D eigenvalue weighted by Crippen LogP contribution is 2.37. The van der Waals surface area contributed by atoms with Crippen LogP contribution in [0.5, 0.6) is 0 Å². The van der Waals surface area contributed by atoms with E-state index in [2.05, 4.69) is 102 Å². The highest BCUT2D eigenvalue weighted by atomic mass is 19.1. The Morgan fingerprint density at radius 2 is 0.569 bits per heavy atom. The second kappa shape index (κ2) is 15.2. The predicted octanol–water partition coefficient (Wildman–Crippen LogP) is 1.06. The maximum absolute atomic E-state index is 13.2. The fourth-order valence-corrected chi connectivity index (χ4v) is 7.93. The van der Waals surface area contributed by atoms with Crippen molar-refractivity contribution < 1.29 is 36.7 Å². The minimum Gasteiger partial charge on any atom is -0.287 e. The van der Waals surface area contributed by atoms with Gasteiger partial charge in [0.1, 0.15) is 57.4 Å². The number of aromatic nitrogens is 24. The Morgan fingerprint density at radius 3 is 1.00 bits per heavy atom. The maximum Gasteiger partial charge on any atom is 0.292 e. The van der Waals surface area contributed by atoms with Crippen LogP contribution >= 0.6 is 0 Å². The Hall–Kier alpha value is -11.1. The second-order valence-electron chi connectivity index (χ2n) is 15.2. The molecule has 8 aromatic heterocycles. The van der Waals surface area contributed by atoms with Crippen LogP contribution in [0.1, 0.15) is 64.2 Å². The molecule has 12 aromatic rings. The third kappa shape index (κ3) is 6.31. The van der Waals surface area contributed by atoms with Gasteiger partial charge in [-0.05, 0) is 115 Å². The lowest BCUT2D eigenvalue weighted by Gasteiger charge is -1.97. The van der Waals surface area contributed by atoms with Crippen molar-refractivity contribution in [2.75, 3.05) is 0 Å². The lowest BCUT2D eigenvalue weighted by Crippen LogP contribution is -2.06. The summed E-state index contributed by atoms with van der Waals surface area (Å²) in [5.41, 5.74) is 5.15. The fourth-order valence-electron chi connectivity index (χ4n) is 7.93. The van der Waals surface area contributed by atoms with Crippen LogP contribution in [0.25, 0.3) is 68.1 Å². The number of carbonyl (C=O) groups excluding carboxylic acids is 4. The van der Waals surface area contributed by atoms with E-state index >= 15 is 0 Å². The van der Waals surface area contributed by atoms with Crippen LogP contribution in [0.2, 0.25) is 0 Å². The Balaban J connectivity index is 0.0000000933. The molecular weight excluding hydrogens is 957 g/mol. The van der Waals surface area contributed by atoms with Crippen LogP contribution in [0.4, 0.5) is 17.6 Å². The summed E-state index contributed by atoms with van der Waals surface area (Å²) in [6, 6.07) is 15.7. The summed E-state index contributed by atoms with van der Waals surface area (Å²) in [6.07, 6.45) is 0. The van der Waals surface area contributed by atoms with Gasteiger partial charge in [0.2, 0.25) is 23.1 Å². The van der Waals surface area contributed by atoms with Gasteiger partial charge >= 0.3 is 0 Å². The number of nitrogens with zero attached hydrogens (tertiary/aromatic N) is 24. The van der Waals surface area contributed by atoms with Crippen LogP contribution in [-0.4, -0.2) is 144 Å². The number of rotatable bonds is 0. The van der Waals surface area contributed by atoms with E-state index in [-0.39, 0.29) is 80.1 Å². The van der Waals surface area contributed by atoms with Gasteiger partial charge in [-0.1, -0.05) is 38.9 Å². The van der Waals surface area contributed by atoms with Crippen LogP contribution in [0.15, 0.2) is 72.8 Å². The first-order valence-corrected chi connectivity index (χ1v) is 20.2. The monoisotopic (exact) mass is 968 g/mol. The minimum atomic E-state index is -0.473. The molecule has 0 fully saturated rings. The first kappa shape index (κ1) is 41.1. The van der Waals surface area contributed by atoms with Gasteiger partial charge < -0.3 is 0 Å². The maximum atomic E-state index is 13.2. The summed E-state index contributed by atoms with van der Waals surface area (Å²) in [5.74, 6) is -2.52. The quantitative estimate of drug-likeness (QED) is 0.192. The first-order chi connectivity index (χ1) is 34.9. The van der Waals surface area contributed by atoms with Crippen molar-refractivity contribution in [3.05, 3.63) is 141 Å². The number of fused-ring (bicyclic) bond motifs is 16. The van der Waals surface area contributed by atoms with E-state index < -0.39 is 23.3 Å². The van der Waals surface area contributed by atoms with Crippen LogP contribution in [0, 0.1) is 23.3 Å². The van der Waals surface area contributed by atoms with Crippen molar-refractivity contribution >= 4 is 46.2 Å². The molecule has 4 aromatic carbocycles. The molecule has 0 saturated heterocycles. The lowest BCUT2D eigenvalue weighted by atomic mass is 10.1. The normalized spacial score (nSPS) is 12.8. The average molecular weight is 969 g/mol. The fraction of sp³-hybridized carbons (Fsp3) is 0. The van der Waals surface area contributed by atoms with Gasteiger partial charge in [-0.25, -0.2) is 37.5 Å². The van der Waals surface area contributed by atoms with Gasteiger partial charge in [-0.3, -0.25) is 19.2 Å². The molecule has 0 atom stereocenters. The Morgan fingerprint density at radius 1 is 0.292 bits per heavy atom. The molecular formula is C40H12F4N24O4. The molecule has 0 N–H and O–H groups in total. The topological polar surface area (TPSA) is 344 Å². The van der Waals surface area contributed by atoms with Crippen LogP contribution in [-0.2, 0) is 0 Å². The Kier molecular flexibility index (Phi) is 8.69. The van der Waals surface area contributed by atoms with Gasteiger partial charge in [0.25, 0.3) is 23.1 Å². The molecule has 0 unspecified atom stereocenters. The van der Waals surface area contributed by atoms with E-state index in [0.717, 1.165) is 18.5 Å². The van der Waals surface area contributed by atoms with Gasteiger partial charge in [-0.2, -0.15) is 0 Å². The molecule has 8 heterocycles. The van der Waals surface area contributed by atoms with Gasteiger partial charge in [0.05, 0.1) is 0 Å². The molecule has 0 amide bonds. The molecule has 0 saturated carbocycles. The molecule has 28 nitrogen and oxygen atoms in total. The van der Waals surface area contributed by atoms with E-state index in [1.165, 1.54) is 72.8 Å². The summed E-state index contributed by atoms with van der Waals surface area (Å²) < 4.78 is 57.1. The van der Waals surface area contributed by atoms with E-state index in [9.17, 15) is 36.7 Å². The molecule has 0 bridgehead atoms. The average Bonchev–Trinajstić information content (AvgIpc) is 4.28. The molecule has 0 radical (unpaired) electrons. The van der Waals surface area contributed by atoms with Crippen molar-refractivity contribution in [1.29, 1.82) is 0 Å². The number of hydrogen-bond acceptors (Lipinski definition) is 24. The smallest absolute Gasteiger partial charge is 0.287 e. The lowest BCUT2D eigenvalue weighted by molar-refractivity contribution is 0.102. The molecule has 72 heavy (non-hydrogen) atoms. The van der Waals surface area contributed by atoms with Crippen LogP contribution < -0.4 is 0 Å². The second-order valence-corrected chi connectivity index (χ2v) is 15.2. The zero-order valence-corrected chi connectivity index (χ0v) is 34.8. The third-order valence-corrected chi connectivity index (χ3v) is 11.1. The van der Waals surface area contributed by atoms with Gasteiger partial charge in [0, 0.05) is 44.5 Å². The van der Waals surface area contributed by atoms with E-state index in [1.54, 1.807) is 0 Å². The zero-order chi connectivity index (χ0) is 49.1.